The molecule has 3 aliphatic rings. The predicted octanol–water partition coefficient (Wildman–Crippen LogP) is 4.79. The largest absolute Gasteiger partial charge is 0.484 e. The lowest BCUT2D eigenvalue weighted by Gasteiger charge is -2.32. The molecule has 2 aromatic heterocycles. The standard InChI is InChI=1S/C35H31F2N5O5/c36-28-14-21(17-38)4-7-31(28)46-20-23-2-1-3-33(39-23)47-24-8-11-41(12-9-24)19-32-40-34-29(37)15-22(26-5-6-27(26)35(43)44)16-30(34)42(32)18-25-10-13-45-25/h1-4,7,14-16,24-27H,8-13,18-20H2,(H,43,44)/t25-,26?,27?/m0/s1. The van der Waals surface area contributed by atoms with Crippen LogP contribution in [0.4, 0.5) is 8.78 Å². The smallest absolute Gasteiger partial charge is 0.320 e. The predicted molar refractivity (Wildman–Crippen MR) is 164 cm³/mol. The topological polar surface area (TPSA) is 123 Å². The van der Waals surface area contributed by atoms with Crippen molar-refractivity contribution in [1.82, 2.24) is 19.4 Å². The van der Waals surface area contributed by atoms with Gasteiger partial charge in [0.25, 0.3) is 0 Å². The van der Waals surface area contributed by atoms with Crippen LogP contribution in [0.2, 0.25) is 0 Å². The van der Waals surface area contributed by atoms with E-state index >= 15 is 4.39 Å². The van der Waals surface area contributed by atoms with Crippen molar-refractivity contribution in [3.8, 4) is 29.5 Å². The van der Waals surface area contributed by atoms with Crippen LogP contribution in [0.25, 0.3) is 11.0 Å². The molecule has 4 heterocycles. The zero-order valence-corrected chi connectivity index (χ0v) is 25.4. The zero-order valence-electron chi connectivity index (χ0n) is 25.4. The third-order valence-corrected chi connectivity index (χ3v) is 8.85. The number of ether oxygens (including phenoxy) is 3. The van der Waals surface area contributed by atoms with Gasteiger partial charge < -0.3 is 23.9 Å². The maximum Gasteiger partial charge on any atom is 0.320 e. The highest BCUT2D eigenvalue weighted by molar-refractivity contribution is 5.81. The van der Waals surface area contributed by atoms with E-state index in [2.05, 4.69) is 21.7 Å². The summed E-state index contributed by atoms with van der Waals surface area (Å²) in [7, 11) is 0. The Morgan fingerprint density at radius 1 is 1.09 bits per heavy atom. The monoisotopic (exact) mass is 639 g/mol. The van der Waals surface area contributed by atoms with Crippen molar-refractivity contribution >= 4 is 17.0 Å². The summed E-state index contributed by atoms with van der Waals surface area (Å²) in [6.07, 6.45) is 2.37. The van der Waals surface area contributed by atoms with E-state index in [4.69, 9.17) is 24.5 Å². The number of carboxylic acid groups (broad SMARTS) is 1. The number of piperidine rings is 1. The van der Waals surface area contributed by atoms with Crippen LogP contribution in [-0.2, 0) is 29.2 Å². The average Bonchev–Trinajstić information content (AvgIpc) is 3.35. The number of benzene rings is 2. The first-order valence-corrected chi connectivity index (χ1v) is 15.6. The van der Waals surface area contributed by atoms with Crippen molar-refractivity contribution < 1.29 is 32.9 Å². The average molecular weight is 640 g/mol. The van der Waals surface area contributed by atoms with Crippen molar-refractivity contribution in [3.05, 3.63) is 82.8 Å². The van der Waals surface area contributed by atoms with Crippen molar-refractivity contribution in [2.75, 3.05) is 19.7 Å². The molecule has 2 aliphatic heterocycles. The van der Waals surface area contributed by atoms with Gasteiger partial charge in [-0.1, -0.05) is 17.9 Å². The molecule has 47 heavy (non-hydrogen) atoms. The Labute approximate surface area is 269 Å². The molecule has 7 rings (SSSR count). The molecule has 1 N–H and O–H groups in total. The van der Waals surface area contributed by atoms with Crippen LogP contribution in [0.3, 0.4) is 0 Å². The summed E-state index contributed by atoms with van der Waals surface area (Å²) in [6.45, 7) is 3.26. The lowest BCUT2D eigenvalue weighted by molar-refractivity contribution is -0.140. The molecule has 0 saturated carbocycles. The number of nitriles is 1. The van der Waals surface area contributed by atoms with Crippen LogP contribution in [0.1, 0.15) is 47.8 Å². The number of rotatable bonds is 11. The van der Waals surface area contributed by atoms with Gasteiger partial charge in [-0.2, -0.15) is 5.26 Å². The Hall–Kier alpha value is -5.04. The number of carboxylic acids is 1. The number of hydrogen-bond donors (Lipinski definition) is 1. The van der Waals surface area contributed by atoms with Gasteiger partial charge in [0.15, 0.2) is 17.4 Å². The number of halogens is 2. The summed E-state index contributed by atoms with van der Waals surface area (Å²) in [5, 5.41) is 18.4. The summed E-state index contributed by atoms with van der Waals surface area (Å²) in [6, 6.07) is 14.5. The van der Waals surface area contributed by atoms with Crippen LogP contribution in [0, 0.1) is 40.7 Å². The van der Waals surface area contributed by atoms with Gasteiger partial charge in [0.1, 0.15) is 30.0 Å². The molecule has 4 aromatic rings. The molecule has 10 nitrogen and oxygen atoms in total. The fourth-order valence-electron chi connectivity index (χ4n) is 6.11. The Morgan fingerprint density at radius 3 is 2.60 bits per heavy atom. The van der Waals surface area contributed by atoms with E-state index in [0.717, 1.165) is 44.2 Å². The molecule has 1 aliphatic carbocycles. The molecule has 2 unspecified atom stereocenters. The number of pyridine rings is 1. The molecule has 0 spiro atoms. The number of hydrogen-bond acceptors (Lipinski definition) is 8. The molecular weight excluding hydrogens is 608 g/mol. The van der Waals surface area contributed by atoms with E-state index in [-0.39, 0.29) is 35.6 Å². The molecule has 2 fully saturated rings. The van der Waals surface area contributed by atoms with Gasteiger partial charge in [0, 0.05) is 25.8 Å². The highest BCUT2D eigenvalue weighted by Crippen LogP contribution is 2.34. The molecule has 0 amide bonds. The number of nitrogens with zero attached hydrogens (tertiary/aromatic N) is 5. The highest BCUT2D eigenvalue weighted by atomic mass is 19.1. The van der Waals surface area contributed by atoms with Crippen molar-refractivity contribution in [2.24, 2.45) is 5.92 Å². The summed E-state index contributed by atoms with van der Waals surface area (Å²) in [5.41, 5.74) is 2.23. The van der Waals surface area contributed by atoms with Gasteiger partial charge in [-0.25, -0.2) is 18.7 Å². The van der Waals surface area contributed by atoms with Gasteiger partial charge >= 0.3 is 5.97 Å². The second-order valence-electron chi connectivity index (χ2n) is 12.0. The molecule has 3 atom stereocenters. The summed E-state index contributed by atoms with van der Waals surface area (Å²) in [5.74, 6) is 3.28. The van der Waals surface area contributed by atoms with E-state index in [1.54, 1.807) is 12.1 Å². The SMILES string of the molecule is N#Cc1ccc(OCc2cccc(OC3CCN(Cc4nc5c(F)cc(C6C#CC6C(=O)O)cc5n4C[C@@H]4CCO4)CC3)n2)c(F)c1. The van der Waals surface area contributed by atoms with Crippen molar-refractivity contribution in [3.63, 3.8) is 0 Å². The fourth-order valence-corrected chi connectivity index (χ4v) is 6.11. The van der Waals surface area contributed by atoms with Crippen LogP contribution < -0.4 is 9.47 Å². The number of aromatic nitrogens is 3. The summed E-state index contributed by atoms with van der Waals surface area (Å²) < 4.78 is 49.1. The third-order valence-electron chi connectivity index (χ3n) is 8.85. The minimum Gasteiger partial charge on any atom is -0.484 e. The quantitative estimate of drug-likeness (QED) is 0.231. The van der Waals surface area contributed by atoms with E-state index in [1.807, 2.05) is 22.8 Å². The Balaban J connectivity index is 0.995. The number of carbonyl (C=O) groups is 1. The molecule has 240 valence electrons. The van der Waals surface area contributed by atoms with Crippen molar-refractivity contribution in [2.45, 2.75) is 57.1 Å². The molecule has 0 radical (unpaired) electrons. The lowest BCUT2D eigenvalue weighted by atomic mass is 9.80. The lowest BCUT2D eigenvalue weighted by Crippen LogP contribution is -2.39. The van der Waals surface area contributed by atoms with E-state index in [1.165, 1.54) is 18.2 Å². The van der Waals surface area contributed by atoms with E-state index < -0.39 is 29.4 Å². The normalized spacial score (nSPS) is 20.8. The van der Waals surface area contributed by atoms with Gasteiger partial charge in [-0.05, 0) is 61.2 Å². The first-order valence-electron chi connectivity index (χ1n) is 15.6. The van der Waals surface area contributed by atoms with Gasteiger partial charge in [0.2, 0.25) is 5.88 Å². The van der Waals surface area contributed by atoms with E-state index in [0.29, 0.717) is 42.4 Å². The molecule has 12 heteroatoms. The van der Waals surface area contributed by atoms with Crippen LogP contribution in [-0.4, -0.2) is 62.4 Å². The maximum atomic E-state index is 15.4. The minimum absolute atomic E-state index is 0.0177. The third kappa shape index (κ3) is 6.48. The fraction of sp³-hybridized carbons (Fsp3) is 0.371. The Morgan fingerprint density at radius 2 is 1.91 bits per heavy atom. The Kier molecular flexibility index (Phi) is 8.46. The zero-order chi connectivity index (χ0) is 32.5. The number of imidazole rings is 1. The van der Waals surface area contributed by atoms with Crippen molar-refractivity contribution in [1.29, 1.82) is 5.26 Å². The van der Waals surface area contributed by atoms with Crippen LogP contribution in [0.15, 0.2) is 48.5 Å². The maximum absolute atomic E-state index is 15.4. The summed E-state index contributed by atoms with van der Waals surface area (Å²) in [4.78, 5) is 23.1. The first-order chi connectivity index (χ1) is 22.8. The molecule has 2 aromatic carbocycles. The van der Waals surface area contributed by atoms with Crippen LogP contribution in [0.5, 0.6) is 11.6 Å². The second kappa shape index (κ2) is 13.0. The van der Waals surface area contributed by atoms with Gasteiger partial charge in [-0.15, -0.1) is 0 Å². The number of aliphatic carboxylic acids is 1. The highest BCUT2D eigenvalue weighted by Gasteiger charge is 2.34. The van der Waals surface area contributed by atoms with Gasteiger partial charge in [-0.3, -0.25) is 9.69 Å². The van der Waals surface area contributed by atoms with Crippen LogP contribution >= 0.6 is 0 Å². The first kappa shape index (κ1) is 30.6. The molecule has 2 saturated heterocycles. The summed E-state index contributed by atoms with van der Waals surface area (Å²) >= 11 is 0. The number of likely N-dealkylation sites (tertiary alicyclic amines) is 1. The Bertz CT molecular complexity index is 1930. The second-order valence-corrected chi connectivity index (χ2v) is 12.0. The van der Waals surface area contributed by atoms with Gasteiger partial charge in [0.05, 0.1) is 48.0 Å². The molecule has 0 bridgehead atoms. The molecular formula is C35H31F2N5O5. The van der Waals surface area contributed by atoms with E-state index in [9.17, 15) is 14.3 Å². The minimum atomic E-state index is -1.01. The number of fused-ring (bicyclic) bond motifs is 1.